The minimum absolute atomic E-state index is 0.126. The normalized spacial score (nSPS) is 16.5. The average molecular weight is 291 g/mol. The number of aliphatic hydroxyl groups is 1. The molecule has 0 aliphatic carbocycles. The van der Waals surface area contributed by atoms with Crippen LogP contribution in [0.5, 0.6) is 0 Å². The summed E-state index contributed by atoms with van der Waals surface area (Å²) >= 11 is 0. The first-order chi connectivity index (χ1) is 10.1. The van der Waals surface area contributed by atoms with E-state index in [-0.39, 0.29) is 12.0 Å². The summed E-state index contributed by atoms with van der Waals surface area (Å²) in [5.74, 6) is 0.527. The molecule has 0 bridgehead atoms. The molecule has 0 fully saturated rings. The van der Waals surface area contributed by atoms with Crippen molar-refractivity contribution in [2.75, 3.05) is 0 Å². The van der Waals surface area contributed by atoms with Gasteiger partial charge in [-0.3, -0.25) is 0 Å². The first-order valence-electron chi connectivity index (χ1n) is 8.01. The number of aliphatic hydroxyl groups excluding tert-OH is 1. The molecular weight excluding hydrogens is 262 g/mol. The molecule has 21 heavy (non-hydrogen) atoms. The third kappa shape index (κ3) is 5.88. The van der Waals surface area contributed by atoms with Crippen LogP contribution in [0.4, 0.5) is 0 Å². The van der Waals surface area contributed by atoms with Gasteiger partial charge in [-0.15, -0.1) is 0 Å². The van der Waals surface area contributed by atoms with Crippen molar-refractivity contribution in [3.05, 3.63) is 35.9 Å². The van der Waals surface area contributed by atoms with Gasteiger partial charge in [0.25, 0.3) is 0 Å². The summed E-state index contributed by atoms with van der Waals surface area (Å²) in [7, 11) is 0. The molecule has 3 atom stereocenters. The van der Waals surface area contributed by atoms with Crippen molar-refractivity contribution >= 4 is 5.71 Å². The molecule has 0 saturated carbocycles. The lowest BCUT2D eigenvalue weighted by atomic mass is 9.77. The lowest BCUT2D eigenvalue weighted by molar-refractivity contribution is 0.170. The number of rotatable bonds is 9. The van der Waals surface area contributed by atoms with Crippen LogP contribution in [0.2, 0.25) is 0 Å². The van der Waals surface area contributed by atoms with E-state index in [1.807, 2.05) is 32.0 Å². The third-order valence-corrected chi connectivity index (χ3v) is 4.12. The molecule has 118 valence electrons. The molecule has 0 aliphatic heterocycles. The lowest BCUT2D eigenvalue weighted by Gasteiger charge is -2.27. The van der Waals surface area contributed by atoms with Crippen molar-refractivity contribution in [3.8, 4) is 0 Å². The number of unbranched alkanes of at least 4 members (excludes halogenated alkanes) is 1. The van der Waals surface area contributed by atoms with E-state index in [2.05, 4.69) is 24.2 Å². The summed E-state index contributed by atoms with van der Waals surface area (Å²) in [6, 6.07) is 10.3. The van der Waals surface area contributed by atoms with Crippen molar-refractivity contribution in [2.24, 2.45) is 11.1 Å². The molecule has 0 aromatic heterocycles. The Balaban J connectivity index is 2.99. The van der Waals surface area contributed by atoms with Crippen molar-refractivity contribution in [1.29, 1.82) is 0 Å². The Hall–Kier alpha value is -1.35. The van der Waals surface area contributed by atoms with Gasteiger partial charge in [0.2, 0.25) is 0 Å². The molecule has 1 aromatic rings. The number of hydrogen-bond donors (Lipinski definition) is 2. The van der Waals surface area contributed by atoms with Crippen molar-refractivity contribution < 1.29 is 10.3 Å². The van der Waals surface area contributed by atoms with Gasteiger partial charge in [-0.1, -0.05) is 55.3 Å². The van der Waals surface area contributed by atoms with Crippen LogP contribution >= 0.6 is 0 Å². The number of benzene rings is 1. The van der Waals surface area contributed by atoms with Gasteiger partial charge in [0.15, 0.2) is 0 Å². The van der Waals surface area contributed by atoms with Crippen LogP contribution in [-0.2, 0) is 0 Å². The summed E-state index contributed by atoms with van der Waals surface area (Å²) in [6.07, 6.45) is 4.86. The van der Waals surface area contributed by atoms with E-state index in [4.69, 9.17) is 0 Å². The third-order valence-electron chi connectivity index (χ3n) is 4.12. The Kier molecular flexibility index (Phi) is 8.06. The van der Waals surface area contributed by atoms with Gasteiger partial charge >= 0.3 is 0 Å². The maximum atomic E-state index is 9.60. The van der Waals surface area contributed by atoms with Gasteiger partial charge in [-0.2, -0.15) is 0 Å². The number of oxime groups is 1. The summed E-state index contributed by atoms with van der Waals surface area (Å²) in [6.45, 7) is 5.91. The second kappa shape index (κ2) is 9.56. The smallest absolute Gasteiger partial charge is 0.0617 e. The average Bonchev–Trinajstić information content (AvgIpc) is 2.50. The van der Waals surface area contributed by atoms with E-state index in [9.17, 15) is 10.3 Å². The minimum atomic E-state index is -0.281. The standard InChI is InChI=1S/C18H29NO2/c1-4-5-9-17(13-12-14(2)20)18(15(3)19-21)16-10-7-6-8-11-16/h6-8,10-11,14,17-18,20-21H,4-5,9,12-13H2,1-3H3. The summed E-state index contributed by atoms with van der Waals surface area (Å²) in [4.78, 5) is 0. The molecule has 2 N–H and O–H groups in total. The molecule has 1 rings (SSSR count). The molecular formula is C18H29NO2. The second-order valence-corrected chi connectivity index (χ2v) is 5.96. The Morgan fingerprint density at radius 3 is 2.33 bits per heavy atom. The topological polar surface area (TPSA) is 52.8 Å². The maximum absolute atomic E-state index is 9.60. The van der Waals surface area contributed by atoms with Crippen LogP contribution in [0.15, 0.2) is 35.5 Å². The SMILES string of the molecule is CCCCC(CCC(C)O)C(C(C)=NO)c1ccccc1. The monoisotopic (exact) mass is 291 g/mol. The van der Waals surface area contributed by atoms with Crippen LogP contribution in [0.3, 0.4) is 0 Å². The highest BCUT2D eigenvalue weighted by Gasteiger charge is 2.26. The molecule has 0 aliphatic rings. The van der Waals surface area contributed by atoms with Crippen LogP contribution in [0.1, 0.15) is 64.4 Å². The first kappa shape index (κ1) is 17.7. The van der Waals surface area contributed by atoms with E-state index in [0.717, 1.165) is 37.8 Å². The Labute approximate surface area is 128 Å². The molecule has 1 aromatic carbocycles. The fraction of sp³-hybridized carbons (Fsp3) is 0.611. The van der Waals surface area contributed by atoms with Gasteiger partial charge in [0, 0.05) is 5.92 Å². The maximum Gasteiger partial charge on any atom is 0.0617 e. The van der Waals surface area contributed by atoms with E-state index in [1.54, 1.807) is 0 Å². The van der Waals surface area contributed by atoms with Crippen LogP contribution in [-0.4, -0.2) is 22.1 Å². The van der Waals surface area contributed by atoms with E-state index < -0.39 is 0 Å². The van der Waals surface area contributed by atoms with Crippen molar-refractivity contribution in [1.82, 2.24) is 0 Å². The Bertz CT molecular complexity index is 414. The molecule has 0 heterocycles. The quantitative estimate of drug-likeness (QED) is 0.397. The molecule has 0 spiro atoms. The summed E-state index contributed by atoms with van der Waals surface area (Å²) in [5.41, 5.74) is 1.95. The van der Waals surface area contributed by atoms with Gasteiger partial charge < -0.3 is 10.3 Å². The van der Waals surface area contributed by atoms with E-state index in [0.29, 0.717) is 5.92 Å². The largest absolute Gasteiger partial charge is 0.411 e. The molecule has 0 radical (unpaired) electrons. The Morgan fingerprint density at radius 1 is 1.14 bits per heavy atom. The van der Waals surface area contributed by atoms with Gasteiger partial charge in [0.1, 0.15) is 0 Å². The van der Waals surface area contributed by atoms with E-state index >= 15 is 0 Å². The predicted molar refractivity (Wildman–Crippen MR) is 88.0 cm³/mol. The van der Waals surface area contributed by atoms with Gasteiger partial charge in [0.05, 0.1) is 11.8 Å². The Morgan fingerprint density at radius 2 is 1.81 bits per heavy atom. The first-order valence-corrected chi connectivity index (χ1v) is 8.01. The zero-order valence-corrected chi connectivity index (χ0v) is 13.5. The van der Waals surface area contributed by atoms with Gasteiger partial charge in [-0.25, -0.2) is 0 Å². The predicted octanol–water partition coefficient (Wildman–Crippen LogP) is 4.59. The van der Waals surface area contributed by atoms with Crippen LogP contribution in [0, 0.1) is 5.92 Å². The van der Waals surface area contributed by atoms with Crippen LogP contribution < -0.4 is 0 Å². The van der Waals surface area contributed by atoms with Crippen molar-refractivity contribution in [3.63, 3.8) is 0 Å². The van der Waals surface area contributed by atoms with Crippen LogP contribution in [0.25, 0.3) is 0 Å². The molecule has 3 heteroatoms. The number of hydrogen-bond acceptors (Lipinski definition) is 3. The van der Waals surface area contributed by atoms with Gasteiger partial charge in [-0.05, 0) is 44.6 Å². The fourth-order valence-electron chi connectivity index (χ4n) is 2.98. The summed E-state index contributed by atoms with van der Waals surface area (Å²) in [5, 5.41) is 22.3. The summed E-state index contributed by atoms with van der Waals surface area (Å²) < 4.78 is 0. The van der Waals surface area contributed by atoms with Crippen molar-refractivity contribution in [2.45, 2.75) is 64.9 Å². The molecule has 3 nitrogen and oxygen atoms in total. The molecule has 0 saturated heterocycles. The molecule has 3 unspecified atom stereocenters. The minimum Gasteiger partial charge on any atom is -0.411 e. The zero-order chi connectivity index (χ0) is 15.7. The number of nitrogens with zero attached hydrogens (tertiary/aromatic N) is 1. The highest BCUT2D eigenvalue weighted by atomic mass is 16.4. The highest BCUT2D eigenvalue weighted by Crippen LogP contribution is 2.34. The second-order valence-electron chi connectivity index (χ2n) is 5.96. The highest BCUT2D eigenvalue weighted by molar-refractivity contribution is 5.88. The van der Waals surface area contributed by atoms with E-state index in [1.165, 1.54) is 5.56 Å². The fourth-order valence-corrected chi connectivity index (χ4v) is 2.98. The zero-order valence-electron chi connectivity index (χ0n) is 13.5. The molecule has 0 amide bonds. The lowest BCUT2D eigenvalue weighted by Crippen LogP contribution is -2.21.